The molecule has 0 radical (unpaired) electrons. The van der Waals surface area contributed by atoms with Crippen molar-refractivity contribution in [1.29, 1.82) is 0 Å². The summed E-state index contributed by atoms with van der Waals surface area (Å²) in [5, 5.41) is 15.8. The van der Waals surface area contributed by atoms with E-state index in [1.54, 1.807) is 30.0 Å². The molecule has 1 aliphatic heterocycles. The molecule has 2 aromatic carbocycles. The van der Waals surface area contributed by atoms with Gasteiger partial charge in [0.15, 0.2) is 0 Å². The first kappa shape index (κ1) is 30.7. The van der Waals surface area contributed by atoms with E-state index in [-0.39, 0.29) is 54.9 Å². The number of ether oxygens (including phenoxy) is 1. The molecule has 39 heavy (non-hydrogen) atoms. The molecule has 0 fully saturated rings. The lowest BCUT2D eigenvalue weighted by molar-refractivity contribution is -0.134. The molecule has 1 heterocycles. The number of fused-ring (bicyclic) bond motifs is 1. The number of halogens is 1. The number of aliphatic hydroxyl groups excluding tert-OH is 1. The average molecular weight is 581 g/mol. The second-order valence-electron chi connectivity index (χ2n) is 10.2. The van der Waals surface area contributed by atoms with E-state index in [1.165, 1.54) is 35.6 Å². The Balaban J connectivity index is 1.95. The molecule has 0 aromatic heterocycles. The fourth-order valence-electron chi connectivity index (χ4n) is 4.29. The van der Waals surface area contributed by atoms with Gasteiger partial charge in [0, 0.05) is 41.8 Å². The van der Waals surface area contributed by atoms with E-state index in [1.807, 2.05) is 20.8 Å². The number of nitrogens with one attached hydrogen (secondary N) is 2. The van der Waals surface area contributed by atoms with Crippen molar-refractivity contribution in [2.75, 3.05) is 32.1 Å². The van der Waals surface area contributed by atoms with Crippen LogP contribution in [0, 0.1) is 5.92 Å². The minimum Gasteiger partial charge on any atom is -0.488 e. The molecule has 3 atom stereocenters. The molecule has 12 heteroatoms. The predicted octanol–water partition coefficient (Wildman–Crippen LogP) is 3.34. The van der Waals surface area contributed by atoms with Gasteiger partial charge in [0.1, 0.15) is 11.9 Å². The van der Waals surface area contributed by atoms with Crippen LogP contribution in [0.4, 0.5) is 10.5 Å². The zero-order chi connectivity index (χ0) is 28.9. The molecule has 0 aliphatic carbocycles. The molecule has 3 N–H and O–H groups in total. The van der Waals surface area contributed by atoms with Crippen molar-refractivity contribution in [2.45, 2.75) is 57.2 Å². The van der Waals surface area contributed by atoms with E-state index < -0.39 is 22.2 Å². The van der Waals surface area contributed by atoms with E-state index in [9.17, 15) is 23.1 Å². The van der Waals surface area contributed by atoms with Crippen LogP contribution in [0.25, 0.3) is 0 Å². The highest BCUT2D eigenvalue weighted by atomic mass is 35.5. The molecular weight excluding hydrogens is 544 g/mol. The quantitative estimate of drug-likeness (QED) is 0.439. The third-order valence-corrected chi connectivity index (χ3v) is 8.64. The third-order valence-electron chi connectivity index (χ3n) is 6.55. The lowest BCUT2D eigenvalue weighted by Gasteiger charge is -2.33. The Morgan fingerprint density at radius 3 is 2.49 bits per heavy atom. The molecule has 2 aromatic rings. The molecule has 0 bridgehead atoms. The zero-order valence-corrected chi connectivity index (χ0v) is 24.4. The minimum atomic E-state index is -3.84. The first-order valence-corrected chi connectivity index (χ1v) is 14.6. The van der Waals surface area contributed by atoms with Gasteiger partial charge in [-0.3, -0.25) is 4.79 Å². The van der Waals surface area contributed by atoms with Gasteiger partial charge in [-0.05, 0) is 63.2 Å². The Morgan fingerprint density at radius 1 is 1.21 bits per heavy atom. The van der Waals surface area contributed by atoms with E-state index in [4.69, 9.17) is 16.3 Å². The van der Waals surface area contributed by atoms with Crippen LogP contribution in [0.5, 0.6) is 5.75 Å². The maximum absolute atomic E-state index is 13.4. The molecule has 214 valence electrons. The second kappa shape index (κ2) is 13.0. The van der Waals surface area contributed by atoms with Gasteiger partial charge < -0.3 is 25.4 Å². The molecular formula is C27H37ClN4O6S. The van der Waals surface area contributed by atoms with Crippen LogP contribution < -0.4 is 15.4 Å². The first-order chi connectivity index (χ1) is 18.3. The van der Waals surface area contributed by atoms with Crippen molar-refractivity contribution in [2.24, 2.45) is 5.92 Å². The number of likely N-dealkylation sites (N-methyl/N-ethyl adjacent to an activating group) is 1. The standard InChI is InChI=1S/C27H37ClN4O6S/c1-17(2)29-27(35)30-22-8-11-24-20(12-22)13-26(34)32(19(4)16-33)14-18(3)25(38-24)15-31(5)39(36,37)23-9-6-21(28)7-10-23/h6-12,17-19,25,33H,13-16H2,1-5H3,(H2,29,30,35)/t18-,19-,25+/m0/s1. The summed E-state index contributed by atoms with van der Waals surface area (Å²) < 4.78 is 34.2. The average Bonchev–Trinajstić information content (AvgIpc) is 2.91. The summed E-state index contributed by atoms with van der Waals surface area (Å²) in [5.41, 5.74) is 1.02. The highest BCUT2D eigenvalue weighted by Crippen LogP contribution is 2.30. The number of hydrogen-bond acceptors (Lipinski definition) is 6. The van der Waals surface area contributed by atoms with Crippen molar-refractivity contribution in [3.63, 3.8) is 0 Å². The summed E-state index contributed by atoms with van der Waals surface area (Å²) in [5.74, 6) is -0.0722. The summed E-state index contributed by atoms with van der Waals surface area (Å²) in [4.78, 5) is 27.3. The Bertz CT molecular complexity index is 1270. The van der Waals surface area contributed by atoms with Crippen molar-refractivity contribution in [1.82, 2.24) is 14.5 Å². The van der Waals surface area contributed by atoms with E-state index in [0.29, 0.717) is 22.0 Å². The van der Waals surface area contributed by atoms with Gasteiger partial charge in [0.05, 0.1) is 30.5 Å². The van der Waals surface area contributed by atoms with Gasteiger partial charge in [-0.2, -0.15) is 4.31 Å². The van der Waals surface area contributed by atoms with Crippen LogP contribution in [-0.2, 0) is 21.2 Å². The fourth-order valence-corrected chi connectivity index (χ4v) is 5.60. The summed E-state index contributed by atoms with van der Waals surface area (Å²) in [7, 11) is -2.36. The van der Waals surface area contributed by atoms with Crippen molar-refractivity contribution in [3.05, 3.63) is 53.1 Å². The number of sulfonamides is 1. The van der Waals surface area contributed by atoms with Crippen LogP contribution in [0.15, 0.2) is 47.4 Å². The van der Waals surface area contributed by atoms with Gasteiger partial charge in [0.2, 0.25) is 15.9 Å². The maximum Gasteiger partial charge on any atom is 0.319 e. The summed E-state index contributed by atoms with van der Waals surface area (Å²) >= 11 is 5.93. The normalized spacial score (nSPS) is 19.0. The lowest BCUT2D eigenvalue weighted by Crippen LogP contribution is -2.48. The number of amides is 3. The number of rotatable bonds is 8. The second-order valence-corrected chi connectivity index (χ2v) is 12.7. The lowest BCUT2D eigenvalue weighted by atomic mass is 10.0. The van der Waals surface area contributed by atoms with Crippen LogP contribution >= 0.6 is 11.6 Å². The number of hydrogen-bond donors (Lipinski definition) is 3. The topological polar surface area (TPSA) is 128 Å². The maximum atomic E-state index is 13.4. The zero-order valence-electron chi connectivity index (χ0n) is 22.8. The minimum absolute atomic E-state index is 0.0118. The monoisotopic (exact) mass is 580 g/mol. The largest absolute Gasteiger partial charge is 0.488 e. The molecule has 0 saturated carbocycles. The SMILES string of the molecule is CC(C)NC(=O)Nc1ccc2c(c1)CC(=O)N([C@@H](C)CO)C[C@H](C)[C@@H](CN(C)S(=O)(=O)c1ccc(Cl)cc1)O2. The Hall–Kier alpha value is -2.86. The number of carbonyl (C=O) groups excluding carboxylic acids is 2. The van der Waals surface area contributed by atoms with Crippen LogP contribution in [0.1, 0.15) is 33.3 Å². The van der Waals surface area contributed by atoms with Crippen LogP contribution in [0.2, 0.25) is 5.02 Å². The van der Waals surface area contributed by atoms with Gasteiger partial charge in [-0.15, -0.1) is 0 Å². The van der Waals surface area contributed by atoms with E-state index in [0.717, 1.165) is 0 Å². The highest BCUT2D eigenvalue weighted by molar-refractivity contribution is 7.89. The van der Waals surface area contributed by atoms with Crippen molar-refractivity contribution >= 4 is 39.2 Å². The van der Waals surface area contributed by atoms with Gasteiger partial charge in [-0.25, -0.2) is 13.2 Å². The Labute approximate surface area is 235 Å². The van der Waals surface area contributed by atoms with Crippen molar-refractivity contribution < 1.29 is 27.9 Å². The number of aliphatic hydroxyl groups is 1. The molecule has 3 rings (SSSR count). The molecule has 0 spiro atoms. The van der Waals surface area contributed by atoms with E-state index >= 15 is 0 Å². The Kier molecular flexibility index (Phi) is 10.2. The highest BCUT2D eigenvalue weighted by Gasteiger charge is 2.33. The fraction of sp³-hybridized carbons (Fsp3) is 0.481. The van der Waals surface area contributed by atoms with Crippen LogP contribution in [-0.4, -0.2) is 79.6 Å². The van der Waals surface area contributed by atoms with Gasteiger partial charge >= 0.3 is 6.03 Å². The summed E-state index contributed by atoms with van der Waals surface area (Å²) in [6.07, 6.45) is -0.641. The number of anilines is 1. The number of benzene rings is 2. The van der Waals surface area contributed by atoms with Gasteiger partial charge in [-0.1, -0.05) is 18.5 Å². The molecule has 1 aliphatic rings. The van der Waals surface area contributed by atoms with Gasteiger partial charge in [0.25, 0.3) is 0 Å². The molecule has 10 nitrogen and oxygen atoms in total. The predicted molar refractivity (Wildman–Crippen MR) is 151 cm³/mol. The summed E-state index contributed by atoms with van der Waals surface area (Å²) in [6, 6.07) is 10.1. The number of carbonyl (C=O) groups is 2. The number of urea groups is 1. The van der Waals surface area contributed by atoms with E-state index in [2.05, 4.69) is 10.6 Å². The summed E-state index contributed by atoms with van der Waals surface area (Å²) in [6.45, 7) is 7.38. The molecule has 3 amide bonds. The third kappa shape index (κ3) is 7.84. The molecule has 0 unspecified atom stereocenters. The molecule has 0 saturated heterocycles. The van der Waals surface area contributed by atoms with Crippen molar-refractivity contribution in [3.8, 4) is 5.75 Å². The Morgan fingerprint density at radius 2 is 1.87 bits per heavy atom. The number of nitrogens with zero attached hydrogens (tertiary/aromatic N) is 2. The van der Waals surface area contributed by atoms with Crippen LogP contribution in [0.3, 0.4) is 0 Å². The smallest absolute Gasteiger partial charge is 0.319 e. The first-order valence-electron chi connectivity index (χ1n) is 12.8.